The lowest BCUT2D eigenvalue weighted by Gasteiger charge is -2.37. The molecular weight excluding hydrogens is 436 g/mol. The zero-order valence-corrected chi connectivity index (χ0v) is 20.0. The van der Waals surface area contributed by atoms with E-state index in [1.807, 2.05) is 17.0 Å². The van der Waals surface area contributed by atoms with Gasteiger partial charge in [0.05, 0.1) is 0 Å². The molecule has 35 heavy (non-hydrogen) atoms. The third-order valence-electron chi connectivity index (χ3n) is 8.05. The quantitative estimate of drug-likeness (QED) is 0.680. The molecule has 2 fully saturated rings. The molecule has 0 radical (unpaired) electrons. The first-order valence-corrected chi connectivity index (χ1v) is 12.9. The molecule has 1 aromatic carbocycles. The van der Waals surface area contributed by atoms with Crippen LogP contribution in [0.1, 0.15) is 48.8 Å². The number of carbonyl (C=O) groups is 2. The average Bonchev–Trinajstić information content (AvgIpc) is 3.44. The number of nitrogens with one attached hydrogen (secondary N) is 1. The number of anilines is 1. The van der Waals surface area contributed by atoms with E-state index in [-0.39, 0.29) is 11.8 Å². The van der Waals surface area contributed by atoms with Crippen LogP contribution >= 0.6 is 0 Å². The highest BCUT2D eigenvalue weighted by atomic mass is 16.2. The third kappa shape index (κ3) is 4.67. The maximum absolute atomic E-state index is 13.0. The maximum Gasteiger partial charge on any atom is 0.246 e. The predicted octanol–water partition coefficient (Wildman–Crippen LogP) is 4.35. The smallest absolute Gasteiger partial charge is 0.246 e. The second-order valence-electron chi connectivity index (χ2n) is 10.4. The number of hydrogen-bond donors (Lipinski definition) is 1. The molecule has 3 aliphatic heterocycles. The van der Waals surface area contributed by atoms with Gasteiger partial charge in [0.2, 0.25) is 11.8 Å². The van der Waals surface area contributed by atoms with Crippen LogP contribution in [0.15, 0.2) is 54.7 Å². The van der Waals surface area contributed by atoms with Gasteiger partial charge in [-0.15, -0.1) is 0 Å². The number of rotatable bonds is 3. The first-order chi connectivity index (χ1) is 17.1. The van der Waals surface area contributed by atoms with Crippen LogP contribution in [0.2, 0.25) is 0 Å². The lowest BCUT2D eigenvalue weighted by Crippen LogP contribution is -2.42. The summed E-state index contributed by atoms with van der Waals surface area (Å²) in [7, 11) is 0. The molecule has 3 atom stereocenters. The summed E-state index contributed by atoms with van der Waals surface area (Å²) in [5.74, 6) is 1.71. The predicted molar refractivity (Wildman–Crippen MR) is 137 cm³/mol. The number of amides is 2. The van der Waals surface area contributed by atoms with Crippen molar-refractivity contribution in [1.29, 1.82) is 0 Å². The largest absolute Gasteiger partial charge is 0.338 e. The number of likely N-dealkylation sites (tertiary alicyclic amines) is 1. The van der Waals surface area contributed by atoms with Gasteiger partial charge in [-0.25, -0.2) is 4.98 Å². The monoisotopic (exact) mass is 468 g/mol. The van der Waals surface area contributed by atoms with Gasteiger partial charge >= 0.3 is 0 Å². The Morgan fingerprint density at radius 1 is 1.11 bits per heavy atom. The standard InChI is InChI=1S/C29H32N4O2/c34-27-15-26-8-4-5-11-32(26)19-25-12-20(16-30-29(25)31-27)9-10-28(35)33-17-23-13-22(14-24(23)18-33)21-6-2-1-3-7-21/h1-3,6-7,9-10,12-13,16,23-24,26H,4-5,8,11,14-15,17-19H2,(H,30,31,34). The molecule has 1 aromatic heterocycles. The zero-order valence-electron chi connectivity index (χ0n) is 20.0. The van der Waals surface area contributed by atoms with Crippen molar-refractivity contribution >= 4 is 29.3 Å². The van der Waals surface area contributed by atoms with Crippen LogP contribution in [0.3, 0.4) is 0 Å². The van der Waals surface area contributed by atoms with Gasteiger partial charge in [0, 0.05) is 49.9 Å². The molecule has 180 valence electrons. The first kappa shape index (κ1) is 22.2. The van der Waals surface area contributed by atoms with Gasteiger partial charge in [0.25, 0.3) is 0 Å². The van der Waals surface area contributed by atoms with E-state index < -0.39 is 0 Å². The fraction of sp³-hybridized carbons (Fsp3) is 0.414. The molecule has 3 unspecified atom stereocenters. The number of carbonyl (C=O) groups excluding carboxylic acids is 2. The van der Waals surface area contributed by atoms with Crippen molar-refractivity contribution in [2.75, 3.05) is 25.0 Å². The van der Waals surface area contributed by atoms with Gasteiger partial charge in [0.1, 0.15) is 5.82 Å². The highest BCUT2D eigenvalue weighted by molar-refractivity contribution is 5.93. The Morgan fingerprint density at radius 2 is 2.00 bits per heavy atom. The number of fused-ring (bicyclic) bond motifs is 3. The molecule has 0 bridgehead atoms. The number of benzene rings is 1. The Labute approximate surface area is 206 Å². The van der Waals surface area contributed by atoms with Gasteiger partial charge < -0.3 is 10.2 Å². The molecule has 6 heteroatoms. The Hall–Kier alpha value is -3.25. The highest BCUT2D eigenvalue weighted by Crippen LogP contribution is 2.41. The van der Waals surface area contributed by atoms with E-state index >= 15 is 0 Å². The molecule has 1 N–H and O–H groups in total. The van der Waals surface area contributed by atoms with Crippen molar-refractivity contribution in [3.8, 4) is 0 Å². The zero-order chi connectivity index (χ0) is 23.8. The second-order valence-corrected chi connectivity index (χ2v) is 10.4. The third-order valence-corrected chi connectivity index (χ3v) is 8.05. The number of pyridine rings is 1. The van der Waals surface area contributed by atoms with Crippen LogP contribution in [-0.4, -0.2) is 52.3 Å². The topological polar surface area (TPSA) is 65.5 Å². The summed E-state index contributed by atoms with van der Waals surface area (Å²) in [6, 6.07) is 12.9. The van der Waals surface area contributed by atoms with E-state index in [2.05, 4.69) is 51.6 Å². The fourth-order valence-electron chi connectivity index (χ4n) is 6.20. The molecule has 1 aliphatic carbocycles. The van der Waals surface area contributed by atoms with Gasteiger partial charge in [-0.05, 0) is 66.5 Å². The Kier molecular flexibility index (Phi) is 5.98. The summed E-state index contributed by atoms with van der Waals surface area (Å²) in [4.78, 5) is 34.3. The van der Waals surface area contributed by atoms with Crippen molar-refractivity contribution in [2.24, 2.45) is 11.8 Å². The summed E-state index contributed by atoms with van der Waals surface area (Å²) in [5, 5.41) is 2.99. The molecule has 6 rings (SSSR count). The molecule has 4 heterocycles. The minimum absolute atomic E-state index is 0.0397. The molecule has 0 saturated carbocycles. The van der Waals surface area contributed by atoms with Gasteiger partial charge in [0.15, 0.2) is 0 Å². The van der Waals surface area contributed by atoms with E-state index in [4.69, 9.17) is 0 Å². The Bertz CT molecular complexity index is 1190. The van der Waals surface area contributed by atoms with E-state index in [9.17, 15) is 9.59 Å². The lowest BCUT2D eigenvalue weighted by molar-refractivity contribution is -0.125. The average molecular weight is 469 g/mol. The number of nitrogens with zero attached hydrogens (tertiary/aromatic N) is 3. The van der Waals surface area contributed by atoms with Gasteiger partial charge in [-0.3, -0.25) is 14.5 Å². The van der Waals surface area contributed by atoms with Crippen molar-refractivity contribution in [3.63, 3.8) is 0 Å². The second kappa shape index (κ2) is 9.42. The normalized spacial score (nSPS) is 26.4. The van der Waals surface area contributed by atoms with Crippen molar-refractivity contribution < 1.29 is 9.59 Å². The van der Waals surface area contributed by atoms with Crippen LogP contribution in [0.5, 0.6) is 0 Å². The molecule has 2 amide bonds. The van der Waals surface area contributed by atoms with Crippen molar-refractivity contribution in [1.82, 2.24) is 14.8 Å². The molecule has 0 spiro atoms. The van der Waals surface area contributed by atoms with E-state index in [0.717, 1.165) is 50.1 Å². The van der Waals surface area contributed by atoms with Crippen LogP contribution in [0.25, 0.3) is 11.6 Å². The van der Waals surface area contributed by atoms with Crippen LogP contribution < -0.4 is 5.32 Å². The lowest BCUT2D eigenvalue weighted by atomic mass is 9.97. The Balaban J connectivity index is 1.12. The number of aromatic nitrogens is 1. The highest BCUT2D eigenvalue weighted by Gasteiger charge is 2.37. The molecule has 2 saturated heterocycles. The minimum atomic E-state index is 0.0397. The molecular formula is C29H32N4O2. The first-order valence-electron chi connectivity index (χ1n) is 12.9. The minimum Gasteiger partial charge on any atom is -0.338 e. The fourth-order valence-corrected chi connectivity index (χ4v) is 6.20. The maximum atomic E-state index is 13.0. The van der Waals surface area contributed by atoms with Crippen molar-refractivity contribution in [2.45, 2.75) is 44.7 Å². The number of allylic oxidation sites excluding steroid dienone is 1. The summed E-state index contributed by atoms with van der Waals surface area (Å²) in [6.45, 7) is 3.41. The summed E-state index contributed by atoms with van der Waals surface area (Å²) in [6.07, 6.45) is 12.7. The van der Waals surface area contributed by atoms with E-state index in [1.54, 1.807) is 12.3 Å². The number of hydrogen-bond acceptors (Lipinski definition) is 4. The van der Waals surface area contributed by atoms with E-state index in [1.165, 1.54) is 24.0 Å². The van der Waals surface area contributed by atoms with Crippen LogP contribution in [-0.2, 0) is 16.1 Å². The molecule has 6 nitrogen and oxygen atoms in total. The van der Waals surface area contributed by atoms with Crippen molar-refractivity contribution in [3.05, 3.63) is 71.4 Å². The SMILES string of the molecule is O=C1CC2CCCCN2Cc2cc(C=CC(=O)N3CC4C=C(c5ccccc5)CC4C3)cnc2N1. The molecule has 2 aromatic rings. The van der Waals surface area contributed by atoms with E-state index in [0.29, 0.717) is 30.1 Å². The molecule has 4 aliphatic rings. The van der Waals surface area contributed by atoms with Gasteiger partial charge in [-0.2, -0.15) is 0 Å². The van der Waals surface area contributed by atoms with Crippen LogP contribution in [0, 0.1) is 11.8 Å². The summed E-state index contributed by atoms with van der Waals surface area (Å²) < 4.78 is 0. The summed E-state index contributed by atoms with van der Waals surface area (Å²) >= 11 is 0. The Morgan fingerprint density at radius 3 is 2.86 bits per heavy atom. The van der Waals surface area contributed by atoms with Crippen LogP contribution in [0.4, 0.5) is 5.82 Å². The van der Waals surface area contributed by atoms with Gasteiger partial charge in [-0.1, -0.05) is 42.8 Å². The summed E-state index contributed by atoms with van der Waals surface area (Å²) in [5.41, 5.74) is 4.64. The number of piperidine rings is 1.